The summed E-state index contributed by atoms with van der Waals surface area (Å²) >= 11 is 3.31. The Morgan fingerprint density at radius 3 is 2.56 bits per heavy atom. The first-order chi connectivity index (χ1) is 8.08. The Bertz CT molecular complexity index is 487. The van der Waals surface area contributed by atoms with Gasteiger partial charge < -0.3 is 5.32 Å². The van der Waals surface area contributed by atoms with E-state index in [1.54, 1.807) is 18.2 Å². The van der Waals surface area contributed by atoms with Crippen LogP contribution in [0.5, 0.6) is 0 Å². The summed E-state index contributed by atoms with van der Waals surface area (Å²) in [6, 6.07) is 6.94. The highest BCUT2D eigenvalue weighted by Crippen LogP contribution is 2.22. The van der Waals surface area contributed by atoms with Gasteiger partial charge in [-0.05, 0) is 50.0 Å². The number of halogens is 2. The monoisotopic (exact) mass is 353 g/mol. The van der Waals surface area contributed by atoms with Gasteiger partial charge in [0.15, 0.2) is 9.84 Å². The predicted octanol–water partition coefficient (Wildman–Crippen LogP) is 2.64. The topological polar surface area (TPSA) is 46.2 Å². The van der Waals surface area contributed by atoms with Crippen molar-refractivity contribution in [2.45, 2.75) is 17.7 Å². The largest absolute Gasteiger partial charge is 0.317 e. The van der Waals surface area contributed by atoms with Crippen molar-refractivity contribution in [1.29, 1.82) is 0 Å². The van der Waals surface area contributed by atoms with Crippen molar-refractivity contribution in [2.24, 2.45) is 5.92 Å². The first-order valence-electron chi connectivity index (χ1n) is 5.77. The van der Waals surface area contributed by atoms with Crippen molar-refractivity contribution in [3.8, 4) is 0 Å². The molecule has 0 aliphatic carbocycles. The Balaban J connectivity index is 0.00000162. The average molecular weight is 355 g/mol. The summed E-state index contributed by atoms with van der Waals surface area (Å²) in [5, 5.41) is 3.25. The van der Waals surface area contributed by atoms with Crippen LogP contribution in [-0.4, -0.2) is 27.3 Å². The number of nitrogens with one attached hydrogen (secondary N) is 1. The highest BCUT2D eigenvalue weighted by molar-refractivity contribution is 9.10. The van der Waals surface area contributed by atoms with E-state index in [-0.39, 0.29) is 18.2 Å². The van der Waals surface area contributed by atoms with E-state index in [0.717, 1.165) is 30.4 Å². The molecule has 0 amide bonds. The lowest BCUT2D eigenvalue weighted by Gasteiger charge is -2.22. The maximum absolute atomic E-state index is 12.2. The molecule has 0 spiro atoms. The van der Waals surface area contributed by atoms with Gasteiger partial charge in [-0.1, -0.05) is 22.0 Å². The van der Waals surface area contributed by atoms with Gasteiger partial charge in [0.05, 0.1) is 10.6 Å². The van der Waals surface area contributed by atoms with Crippen molar-refractivity contribution < 1.29 is 8.42 Å². The third-order valence-corrected chi connectivity index (χ3v) is 5.44. The van der Waals surface area contributed by atoms with Crippen molar-refractivity contribution in [3.05, 3.63) is 28.7 Å². The summed E-state index contributed by atoms with van der Waals surface area (Å²) in [4.78, 5) is 0.422. The normalized spacial score (nSPS) is 17.2. The highest BCUT2D eigenvalue weighted by atomic mass is 79.9. The molecule has 1 saturated heterocycles. The van der Waals surface area contributed by atoms with Crippen LogP contribution in [0.2, 0.25) is 0 Å². The van der Waals surface area contributed by atoms with Crippen molar-refractivity contribution in [3.63, 3.8) is 0 Å². The molecule has 1 aromatic rings. The van der Waals surface area contributed by atoms with Gasteiger partial charge in [0.1, 0.15) is 0 Å². The second-order valence-corrected chi connectivity index (χ2v) is 7.38. The molecule has 0 atom stereocenters. The van der Waals surface area contributed by atoms with E-state index in [0.29, 0.717) is 10.8 Å². The van der Waals surface area contributed by atoms with Crippen LogP contribution in [0.4, 0.5) is 0 Å². The van der Waals surface area contributed by atoms with Crippen LogP contribution in [0.1, 0.15) is 12.8 Å². The lowest BCUT2D eigenvalue weighted by Crippen LogP contribution is -2.31. The van der Waals surface area contributed by atoms with Crippen LogP contribution in [-0.2, 0) is 9.84 Å². The van der Waals surface area contributed by atoms with Gasteiger partial charge in [-0.3, -0.25) is 0 Å². The molecule has 1 N–H and O–H groups in total. The Hall–Kier alpha value is -0.100. The lowest BCUT2D eigenvalue weighted by atomic mass is 10.0. The van der Waals surface area contributed by atoms with Gasteiger partial charge in [0, 0.05) is 4.47 Å². The molecule has 2 rings (SSSR count). The smallest absolute Gasteiger partial charge is 0.178 e. The van der Waals surface area contributed by atoms with Gasteiger partial charge in [0.25, 0.3) is 0 Å². The molecule has 102 valence electrons. The van der Waals surface area contributed by atoms with E-state index >= 15 is 0 Å². The number of sulfone groups is 1. The molecule has 0 unspecified atom stereocenters. The van der Waals surface area contributed by atoms with E-state index in [4.69, 9.17) is 0 Å². The molecule has 1 fully saturated rings. The van der Waals surface area contributed by atoms with E-state index < -0.39 is 9.84 Å². The molecule has 0 saturated carbocycles. The number of rotatable bonds is 3. The zero-order valence-electron chi connectivity index (χ0n) is 9.93. The standard InChI is InChI=1S/C12H16BrNO2S.ClH/c13-11-2-1-3-12(8-11)17(15,16)9-10-4-6-14-7-5-10;/h1-3,8,10,14H,4-7,9H2;1H. The molecule has 3 nitrogen and oxygen atoms in total. The van der Waals surface area contributed by atoms with Crippen molar-refractivity contribution in [2.75, 3.05) is 18.8 Å². The van der Waals surface area contributed by atoms with E-state index in [1.165, 1.54) is 0 Å². The molecule has 18 heavy (non-hydrogen) atoms. The molecule has 1 heterocycles. The van der Waals surface area contributed by atoms with Gasteiger partial charge in [0.2, 0.25) is 0 Å². The fraction of sp³-hybridized carbons (Fsp3) is 0.500. The number of piperidine rings is 1. The van der Waals surface area contributed by atoms with Crippen LogP contribution in [0.15, 0.2) is 33.6 Å². The Labute approximate surface area is 123 Å². The maximum Gasteiger partial charge on any atom is 0.178 e. The fourth-order valence-corrected chi connectivity index (χ4v) is 4.40. The van der Waals surface area contributed by atoms with Gasteiger partial charge in [-0.25, -0.2) is 8.42 Å². The number of hydrogen-bond acceptors (Lipinski definition) is 3. The molecule has 1 aromatic carbocycles. The zero-order valence-corrected chi connectivity index (χ0v) is 13.2. The summed E-state index contributed by atoms with van der Waals surface area (Å²) in [7, 11) is -3.14. The highest BCUT2D eigenvalue weighted by Gasteiger charge is 2.22. The number of hydrogen-bond donors (Lipinski definition) is 1. The summed E-state index contributed by atoms with van der Waals surface area (Å²) in [6.45, 7) is 1.86. The van der Waals surface area contributed by atoms with Gasteiger partial charge >= 0.3 is 0 Å². The van der Waals surface area contributed by atoms with Crippen LogP contribution in [0, 0.1) is 5.92 Å². The second kappa shape index (κ2) is 6.89. The molecular formula is C12H17BrClNO2S. The van der Waals surface area contributed by atoms with Crippen LogP contribution >= 0.6 is 28.3 Å². The quantitative estimate of drug-likeness (QED) is 0.907. The minimum Gasteiger partial charge on any atom is -0.317 e. The van der Waals surface area contributed by atoms with Crippen molar-refractivity contribution >= 4 is 38.2 Å². The lowest BCUT2D eigenvalue weighted by molar-refractivity contribution is 0.401. The SMILES string of the molecule is Cl.O=S(=O)(CC1CCNCC1)c1cccc(Br)c1. The van der Waals surface area contributed by atoms with Crippen LogP contribution in [0.3, 0.4) is 0 Å². The molecular weight excluding hydrogens is 338 g/mol. The molecule has 0 bridgehead atoms. The number of benzene rings is 1. The van der Waals surface area contributed by atoms with Crippen LogP contribution < -0.4 is 5.32 Å². The third kappa shape index (κ3) is 4.23. The maximum atomic E-state index is 12.2. The summed E-state index contributed by atoms with van der Waals surface area (Å²) < 4.78 is 25.2. The molecule has 6 heteroatoms. The Kier molecular flexibility index (Phi) is 6.11. The summed E-state index contributed by atoms with van der Waals surface area (Å²) in [6.07, 6.45) is 1.90. The Morgan fingerprint density at radius 2 is 1.94 bits per heavy atom. The van der Waals surface area contributed by atoms with E-state index in [1.807, 2.05) is 6.07 Å². The minimum absolute atomic E-state index is 0. The average Bonchev–Trinajstić information content (AvgIpc) is 2.30. The molecule has 0 aromatic heterocycles. The molecule has 0 radical (unpaired) electrons. The predicted molar refractivity (Wildman–Crippen MR) is 79.0 cm³/mol. The van der Waals surface area contributed by atoms with E-state index in [2.05, 4.69) is 21.2 Å². The molecule has 1 aliphatic heterocycles. The Morgan fingerprint density at radius 1 is 1.28 bits per heavy atom. The first kappa shape index (κ1) is 16.0. The second-order valence-electron chi connectivity index (χ2n) is 4.43. The van der Waals surface area contributed by atoms with Gasteiger partial charge in [-0.15, -0.1) is 12.4 Å². The van der Waals surface area contributed by atoms with E-state index in [9.17, 15) is 8.42 Å². The summed E-state index contributed by atoms with van der Waals surface area (Å²) in [5.74, 6) is 0.561. The van der Waals surface area contributed by atoms with Crippen LogP contribution in [0.25, 0.3) is 0 Å². The van der Waals surface area contributed by atoms with Gasteiger partial charge in [-0.2, -0.15) is 0 Å². The third-order valence-electron chi connectivity index (χ3n) is 3.07. The first-order valence-corrected chi connectivity index (χ1v) is 8.21. The van der Waals surface area contributed by atoms with Crippen molar-refractivity contribution in [1.82, 2.24) is 5.32 Å². The fourth-order valence-electron chi connectivity index (χ4n) is 2.12. The minimum atomic E-state index is -3.14. The molecule has 1 aliphatic rings. The zero-order chi connectivity index (χ0) is 12.3. The summed E-state index contributed by atoms with van der Waals surface area (Å²) in [5.41, 5.74) is 0.